The van der Waals surface area contributed by atoms with E-state index < -0.39 is 11.8 Å². The molecule has 6 heteroatoms. The first-order chi connectivity index (χ1) is 9.04. The Hall–Kier alpha value is -1.95. The molecule has 104 valence electrons. The van der Waals surface area contributed by atoms with E-state index in [0.29, 0.717) is 13.0 Å². The molecule has 1 aromatic carbocycles. The summed E-state index contributed by atoms with van der Waals surface area (Å²) in [7, 11) is 0. The van der Waals surface area contributed by atoms with Crippen molar-refractivity contribution < 1.29 is 19.1 Å². The van der Waals surface area contributed by atoms with E-state index in [0.717, 1.165) is 25.0 Å². The molecule has 0 atom stereocenters. The third-order valence-corrected chi connectivity index (χ3v) is 2.59. The highest BCUT2D eigenvalue weighted by molar-refractivity contribution is 6.00. The highest BCUT2D eigenvalue weighted by Gasteiger charge is 2.13. The van der Waals surface area contributed by atoms with Gasteiger partial charge in [0, 0.05) is 6.42 Å². The zero-order chi connectivity index (χ0) is 14.3. The second-order valence-electron chi connectivity index (χ2n) is 4.14. The molecule has 0 spiro atoms. The molecule has 1 rings (SSSR count). The summed E-state index contributed by atoms with van der Waals surface area (Å²) in [5.74, 6) is -2.22. The molecule has 5 nitrogen and oxygen atoms in total. The smallest absolute Gasteiger partial charge is 0.337 e. The van der Waals surface area contributed by atoms with Crippen LogP contribution in [0.1, 0.15) is 36.0 Å². The van der Waals surface area contributed by atoms with Gasteiger partial charge in [0.2, 0.25) is 5.91 Å². The van der Waals surface area contributed by atoms with Crippen LogP contribution in [0.15, 0.2) is 18.2 Å². The zero-order valence-electron chi connectivity index (χ0n) is 10.5. The summed E-state index contributed by atoms with van der Waals surface area (Å²) in [6.07, 6.45) is 2.67. The zero-order valence-corrected chi connectivity index (χ0v) is 10.5. The number of amides is 1. The number of anilines is 1. The van der Waals surface area contributed by atoms with Gasteiger partial charge in [-0.2, -0.15) is 0 Å². The highest BCUT2D eigenvalue weighted by atomic mass is 19.1. The third-order valence-electron chi connectivity index (χ3n) is 2.59. The minimum atomic E-state index is -1.28. The largest absolute Gasteiger partial charge is 0.478 e. The number of aromatic carboxylic acids is 1. The first-order valence-corrected chi connectivity index (χ1v) is 6.07. The topological polar surface area (TPSA) is 92.4 Å². The van der Waals surface area contributed by atoms with Gasteiger partial charge in [-0.25, -0.2) is 9.18 Å². The van der Waals surface area contributed by atoms with Gasteiger partial charge in [-0.15, -0.1) is 0 Å². The molecule has 0 saturated carbocycles. The van der Waals surface area contributed by atoms with Crippen LogP contribution < -0.4 is 11.1 Å². The van der Waals surface area contributed by atoms with Gasteiger partial charge in [-0.3, -0.25) is 4.79 Å². The maximum Gasteiger partial charge on any atom is 0.337 e. The lowest BCUT2D eigenvalue weighted by Crippen LogP contribution is -2.14. The molecule has 1 amide bonds. The fourth-order valence-corrected chi connectivity index (χ4v) is 1.62. The maximum atomic E-state index is 12.9. The third kappa shape index (κ3) is 5.05. The van der Waals surface area contributed by atoms with E-state index in [2.05, 4.69) is 5.32 Å². The predicted octanol–water partition coefficient (Wildman–Crippen LogP) is 1.98. The average Bonchev–Trinajstić information content (AvgIpc) is 2.36. The van der Waals surface area contributed by atoms with Gasteiger partial charge in [0.1, 0.15) is 5.82 Å². The molecule has 0 fully saturated rings. The number of rotatable bonds is 7. The van der Waals surface area contributed by atoms with E-state index in [1.165, 1.54) is 6.07 Å². The molecule has 0 unspecified atom stereocenters. The summed E-state index contributed by atoms with van der Waals surface area (Å²) < 4.78 is 12.9. The normalized spacial score (nSPS) is 10.2. The molecule has 0 heterocycles. The number of nitrogens with two attached hydrogens (primary N) is 1. The molecular formula is C13H17FN2O3. The van der Waals surface area contributed by atoms with E-state index >= 15 is 0 Å². The van der Waals surface area contributed by atoms with Gasteiger partial charge in [0.05, 0.1) is 11.3 Å². The Morgan fingerprint density at radius 1 is 1.26 bits per heavy atom. The van der Waals surface area contributed by atoms with Gasteiger partial charge >= 0.3 is 5.97 Å². The molecule has 0 aliphatic rings. The lowest BCUT2D eigenvalue weighted by molar-refractivity contribution is -0.116. The highest BCUT2D eigenvalue weighted by Crippen LogP contribution is 2.17. The van der Waals surface area contributed by atoms with Crippen LogP contribution in [-0.2, 0) is 4.79 Å². The first-order valence-electron chi connectivity index (χ1n) is 6.07. The van der Waals surface area contributed by atoms with Crippen LogP contribution >= 0.6 is 0 Å². The summed E-state index contributed by atoms with van der Waals surface area (Å²) >= 11 is 0. The fourth-order valence-electron chi connectivity index (χ4n) is 1.62. The first kappa shape index (κ1) is 15.1. The van der Waals surface area contributed by atoms with E-state index in [9.17, 15) is 14.0 Å². The quantitative estimate of drug-likeness (QED) is 0.659. The van der Waals surface area contributed by atoms with Crippen LogP contribution in [0.5, 0.6) is 0 Å². The Morgan fingerprint density at radius 2 is 2.00 bits per heavy atom. The van der Waals surface area contributed by atoms with Crippen molar-refractivity contribution in [2.24, 2.45) is 5.73 Å². The van der Waals surface area contributed by atoms with Crippen molar-refractivity contribution in [1.82, 2.24) is 0 Å². The molecule has 0 aliphatic heterocycles. The van der Waals surface area contributed by atoms with Gasteiger partial charge in [-0.1, -0.05) is 6.42 Å². The number of hydrogen-bond donors (Lipinski definition) is 3. The van der Waals surface area contributed by atoms with Gasteiger partial charge in [0.15, 0.2) is 0 Å². The van der Waals surface area contributed by atoms with E-state index in [1.54, 1.807) is 0 Å². The second kappa shape index (κ2) is 7.48. The molecule has 0 aliphatic carbocycles. The number of halogens is 1. The number of benzene rings is 1. The molecule has 0 bridgehead atoms. The molecule has 4 N–H and O–H groups in total. The molecule has 0 aromatic heterocycles. The minimum Gasteiger partial charge on any atom is -0.478 e. The Balaban J connectivity index is 2.61. The van der Waals surface area contributed by atoms with Crippen molar-refractivity contribution in [3.05, 3.63) is 29.6 Å². The summed E-state index contributed by atoms with van der Waals surface area (Å²) in [6.45, 7) is 0.586. The number of carboxylic acid groups (broad SMARTS) is 1. The summed E-state index contributed by atoms with van der Waals surface area (Å²) in [5, 5.41) is 11.4. The second-order valence-corrected chi connectivity index (χ2v) is 4.14. The molecule has 0 radical (unpaired) electrons. The standard InChI is InChI=1S/C13H17FN2O3/c14-9-5-6-11(10(8-9)13(18)19)16-12(17)4-2-1-3-7-15/h5-6,8H,1-4,7,15H2,(H,16,17)(H,18,19). The molecular weight excluding hydrogens is 251 g/mol. The molecule has 1 aromatic rings. The lowest BCUT2D eigenvalue weighted by atomic mass is 10.1. The number of nitrogens with one attached hydrogen (secondary N) is 1. The van der Waals surface area contributed by atoms with Crippen LogP contribution in [0.25, 0.3) is 0 Å². The lowest BCUT2D eigenvalue weighted by Gasteiger charge is -2.08. The maximum absolute atomic E-state index is 12.9. The van der Waals surface area contributed by atoms with Crippen LogP contribution in [0.4, 0.5) is 10.1 Å². The van der Waals surface area contributed by atoms with Crippen molar-refractivity contribution in [3.8, 4) is 0 Å². The monoisotopic (exact) mass is 268 g/mol. The van der Waals surface area contributed by atoms with Crippen LogP contribution in [0.3, 0.4) is 0 Å². The van der Waals surface area contributed by atoms with E-state index in [-0.39, 0.29) is 23.6 Å². The molecule has 19 heavy (non-hydrogen) atoms. The summed E-state index contributed by atoms with van der Waals surface area (Å²) in [5.41, 5.74) is 5.19. The number of hydrogen-bond acceptors (Lipinski definition) is 3. The van der Waals surface area contributed by atoms with Crippen LogP contribution in [0.2, 0.25) is 0 Å². The SMILES string of the molecule is NCCCCCC(=O)Nc1ccc(F)cc1C(=O)O. The Kier molecular flexibility index (Phi) is 5.95. The van der Waals surface area contributed by atoms with Crippen molar-refractivity contribution in [3.63, 3.8) is 0 Å². The predicted molar refractivity (Wildman–Crippen MR) is 69.5 cm³/mol. The van der Waals surface area contributed by atoms with Crippen molar-refractivity contribution in [2.75, 3.05) is 11.9 Å². The van der Waals surface area contributed by atoms with Gasteiger partial charge < -0.3 is 16.2 Å². The van der Waals surface area contributed by atoms with Crippen molar-refractivity contribution in [1.29, 1.82) is 0 Å². The van der Waals surface area contributed by atoms with Crippen molar-refractivity contribution >= 4 is 17.6 Å². The number of unbranched alkanes of at least 4 members (excludes halogenated alkanes) is 2. The van der Waals surface area contributed by atoms with Crippen LogP contribution in [-0.4, -0.2) is 23.5 Å². The Morgan fingerprint density at radius 3 is 2.63 bits per heavy atom. The average molecular weight is 268 g/mol. The van der Waals surface area contributed by atoms with Gasteiger partial charge in [-0.05, 0) is 37.6 Å². The Labute approximate surface area is 110 Å². The number of carboxylic acids is 1. The number of carbonyl (C=O) groups excluding carboxylic acids is 1. The van der Waals surface area contributed by atoms with Gasteiger partial charge in [0.25, 0.3) is 0 Å². The Bertz CT molecular complexity index is 463. The summed E-state index contributed by atoms with van der Waals surface area (Å²) in [6, 6.07) is 3.24. The molecule has 0 saturated heterocycles. The minimum absolute atomic E-state index is 0.109. The van der Waals surface area contributed by atoms with Crippen LogP contribution in [0, 0.1) is 5.82 Å². The number of carbonyl (C=O) groups is 2. The fraction of sp³-hybridized carbons (Fsp3) is 0.385. The van der Waals surface area contributed by atoms with E-state index in [1.807, 2.05) is 0 Å². The van der Waals surface area contributed by atoms with E-state index in [4.69, 9.17) is 10.8 Å². The van der Waals surface area contributed by atoms with Crippen molar-refractivity contribution in [2.45, 2.75) is 25.7 Å². The summed E-state index contributed by atoms with van der Waals surface area (Å²) in [4.78, 5) is 22.5.